The lowest BCUT2D eigenvalue weighted by molar-refractivity contribution is 0.588. The van der Waals surface area contributed by atoms with Gasteiger partial charge >= 0.3 is 0 Å². The zero-order valence-electron chi connectivity index (χ0n) is 13.3. The van der Waals surface area contributed by atoms with E-state index in [0.717, 1.165) is 29.7 Å². The van der Waals surface area contributed by atoms with E-state index in [9.17, 15) is 8.42 Å². The third-order valence-electron chi connectivity index (χ3n) is 4.37. The lowest BCUT2D eigenvalue weighted by atomic mass is 9.94. The van der Waals surface area contributed by atoms with Gasteiger partial charge in [0, 0.05) is 12.5 Å². The van der Waals surface area contributed by atoms with E-state index in [4.69, 9.17) is 0 Å². The second kappa shape index (κ2) is 6.20. The molecule has 1 aliphatic rings. The number of hydrogen-bond donors (Lipinski definition) is 0. The van der Waals surface area contributed by atoms with Gasteiger partial charge in [-0.05, 0) is 43.5 Å². The van der Waals surface area contributed by atoms with Gasteiger partial charge in [0.25, 0.3) is 10.0 Å². The summed E-state index contributed by atoms with van der Waals surface area (Å²) >= 11 is 0. The molecule has 0 N–H and O–H groups in total. The van der Waals surface area contributed by atoms with Crippen molar-refractivity contribution in [3.63, 3.8) is 0 Å². The van der Waals surface area contributed by atoms with Crippen LogP contribution in [0.4, 0.5) is 5.69 Å². The zero-order valence-corrected chi connectivity index (χ0v) is 14.1. The molecule has 1 aliphatic heterocycles. The first kappa shape index (κ1) is 15.8. The number of nitrogens with zero attached hydrogens (tertiary/aromatic N) is 1. The largest absolute Gasteiger partial charge is 0.266 e. The van der Waals surface area contributed by atoms with Crippen LogP contribution in [0.15, 0.2) is 66.1 Å². The molecule has 4 heteroatoms. The van der Waals surface area contributed by atoms with Crippen LogP contribution in [-0.2, 0) is 10.0 Å². The minimum Gasteiger partial charge on any atom is -0.266 e. The van der Waals surface area contributed by atoms with E-state index in [2.05, 4.69) is 6.58 Å². The standard InChI is InChI=1S/C19H21NO2S/c1-3-16-7-6-14-20(19-9-5-4-8-18(16)19)23(21,22)17-12-10-15(2)11-13-17/h3-5,8-13,16H,1,6-7,14H2,2H3. The van der Waals surface area contributed by atoms with Crippen LogP contribution in [0.3, 0.4) is 0 Å². The summed E-state index contributed by atoms with van der Waals surface area (Å²) in [6, 6.07) is 14.8. The number of para-hydroxylation sites is 1. The topological polar surface area (TPSA) is 37.4 Å². The van der Waals surface area contributed by atoms with Gasteiger partial charge in [-0.15, -0.1) is 6.58 Å². The van der Waals surface area contributed by atoms with Gasteiger partial charge in [-0.25, -0.2) is 8.42 Å². The molecule has 0 amide bonds. The highest BCUT2D eigenvalue weighted by atomic mass is 32.2. The first-order valence-electron chi connectivity index (χ1n) is 7.85. The number of benzene rings is 2. The fourth-order valence-corrected chi connectivity index (χ4v) is 4.62. The van der Waals surface area contributed by atoms with Gasteiger partial charge in [-0.1, -0.05) is 42.0 Å². The van der Waals surface area contributed by atoms with Gasteiger partial charge in [-0.2, -0.15) is 0 Å². The molecule has 1 unspecified atom stereocenters. The molecule has 0 spiro atoms. The van der Waals surface area contributed by atoms with Gasteiger partial charge in [0.2, 0.25) is 0 Å². The minimum atomic E-state index is -3.55. The number of anilines is 1. The molecule has 0 aliphatic carbocycles. The normalized spacial score (nSPS) is 18.1. The van der Waals surface area contributed by atoms with Crippen molar-refractivity contribution < 1.29 is 8.42 Å². The van der Waals surface area contributed by atoms with Crippen LogP contribution in [0.1, 0.15) is 29.9 Å². The number of rotatable bonds is 3. The van der Waals surface area contributed by atoms with Crippen LogP contribution in [0.25, 0.3) is 0 Å². The highest BCUT2D eigenvalue weighted by molar-refractivity contribution is 7.92. The van der Waals surface area contributed by atoms with Gasteiger partial charge in [0.15, 0.2) is 0 Å². The number of sulfonamides is 1. The lowest BCUT2D eigenvalue weighted by Crippen LogP contribution is -2.31. The van der Waals surface area contributed by atoms with Crippen LogP contribution in [0, 0.1) is 6.92 Å². The SMILES string of the molecule is C=CC1CCCN(S(=O)(=O)c2ccc(C)cc2)c2ccccc21. The number of aryl methyl sites for hydroxylation is 1. The maximum Gasteiger partial charge on any atom is 0.264 e. The fourth-order valence-electron chi connectivity index (χ4n) is 3.09. The molecule has 23 heavy (non-hydrogen) atoms. The first-order valence-corrected chi connectivity index (χ1v) is 9.29. The quantitative estimate of drug-likeness (QED) is 0.790. The third-order valence-corrected chi connectivity index (χ3v) is 6.20. The first-order chi connectivity index (χ1) is 11.0. The molecule has 2 aromatic rings. The van der Waals surface area contributed by atoms with Crippen LogP contribution in [0.2, 0.25) is 0 Å². The number of hydrogen-bond acceptors (Lipinski definition) is 2. The molecule has 3 nitrogen and oxygen atoms in total. The second-order valence-corrected chi connectivity index (χ2v) is 7.80. The molecular weight excluding hydrogens is 306 g/mol. The molecule has 0 aromatic heterocycles. The average Bonchev–Trinajstić information content (AvgIpc) is 2.75. The Morgan fingerprint density at radius 3 is 2.52 bits per heavy atom. The molecule has 1 heterocycles. The van der Waals surface area contributed by atoms with E-state index in [1.165, 1.54) is 0 Å². The van der Waals surface area contributed by atoms with Crippen molar-refractivity contribution in [2.75, 3.05) is 10.8 Å². The third kappa shape index (κ3) is 2.91. The monoisotopic (exact) mass is 327 g/mol. The summed E-state index contributed by atoms with van der Waals surface area (Å²) < 4.78 is 27.8. The molecule has 2 aromatic carbocycles. The molecule has 120 valence electrons. The van der Waals surface area contributed by atoms with Crippen LogP contribution < -0.4 is 4.31 Å². The Morgan fingerprint density at radius 1 is 1.13 bits per heavy atom. The lowest BCUT2D eigenvalue weighted by Gasteiger charge is -2.25. The van der Waals surface area contributed by atoms with E-state index in [-0.39, 0.29) is 5.92 Å². The Bertz CT molecular complexity index is 810. The van der Waals surface area contributed by atoms with Gasteiger partial charge in [0.1, 0.15) is 0 Å². The maximum absolute atomic E-state index is 13.1. The van der Waals surface area contributed by atoms with E-state index >= 15 is 0 Å². The Labute approximate surface area is 138 Å². The van der Waals surface area contributed by atoms with Crippen molar-refractivity contribution in [1.82, 2.24) is 0 Å². The summed E-state index contributed by atoms with van der Waals surface area (Å²) in [4.78, 5) is 0.343. The molecule has 3 rings (SSSR count). The van der Waals surface area contributed by atoms with Gasteiger partial charge in [-0.3, -0.25) is 4.31 Å². The number of allylic oxidation sites excluding steroid dienone is 1. The molecule has 1 atom stereocenters. The van der Waals surface area contributed by atoms with Crippen molar-refractivity contribution in [1.29, 1.82) is 0 Å². The summed E-state index contributed by atoms with van der Waals surface area (Å²) in [7, 11) is -3.55. The van der Waals surface area contributed by atoms with Crippen molar-refractivity contribution in [2.24, 2.45) is 0 Å². The van der Waals surface area contributed by atoms with E-state index < -0.39 is 10.0 Å². The van der Waals surface area contributed by atoms with Crippen molar-refractivity contribution in [3.8, 4) is 0 Å². The molecule has 0 radical (unpaired) electrons. The zero-order chi connectivity index (χ0) is 16.4. The fraction of sp³-hybridized carbons (Fsp3) is 0.263. The van der Waals surface area contributed by atoms with Crippen molar-refractivity contribution in [2.45, 2.75) is 30.6 Å². The van der Waals surface area contributed by atoms with Crippen LogP contribution >= 0.6 is 0 Å². The van der Waals surface area contributed by atoms with Crippen LogP contribution in [0.5, 0.6) is 0 Å². The summed E-state index contributed by atoms with van der Waals surface area (Å²) in [5, 5.41) is 0. The van der Waals surface area contributed by atoms with Gasteiger partial charge in [0.05, 0.1) is 10.6 Å². The maximum atomic E-state index is 13.1. The van der Waals surface area contributed by atoms with Crippen molar-refractivity contribution >= 4 is 15.7 Å². The smallest absolute Gasteiger partial charge is 0.264 e. The predicted octanol–water partition coefficient (Wildman–Crippen LogP) is 4.25. The highest BCUT2D eigenvalue weighted by Crippen LogP contribution is 2.37. The Morgan fingerprint density at radius 2 is 1.83 bits per heavy atom. The Kier molecular flexibility index (Phi) is 4.26. The van der Waals surface area contributed by atoms with E-state index in [1.807, 2.05) is 49.4 Å². The predicted molar refractivity (Wildman–Crippen MR) is 94.3 cm³/mol. The van der Waals surface area contributed by atoms with E-state index in [0.29, 0.717) is 11.4 Å². The summed E-state index contributed by atoms with van der Waals surface area (Å²) in [6.07, 6.45) is 3.65. The molecule has 0 bridgehead atoms. The summed E-state index contributed by atoms with van der Waals surface area (Å²) in [6.45, 7) is 6.36. The van der Waals surface area contributed by atoms with Gasteiger partial charge < -0.3 is 0 Å². The summed E-state index contributed by atoms with van der Waals surface area (Å²) in [5.41, 5.74) is 2.86. The van der Waals surface area contributed by atoms with E-state index in [1.54, 1.807) is 16.4 Å². The molecule has 0 saturated carbocycles. The Hall–Kier alpha value is -2.07. The molecule has 0 fully saturated rings. The average molecular weight is 327 g/mol. The second-order valence-electron chi connectivity index (χ2n) is 5.93. The Balaban J connectivity index is 2.11. The highest BCUT2D eigenvalue weighted by Gasteiger charge is 2.30. The number of fused-ring (bicyclic) bond motifs is 1. The molecule has 0 saturated heterocycles. The molecular formula is C19H21NO2S. The summed E-state index contributed by atoms with van der Waals surface area (Å²) in [5.74, 6) is 0.199. The van der Waals surface area contributed by atoms with Crippen molar-refractivity contribution in [3.05, 3.63) is 72.3 Å². The minimum absolute atomic E-state index is 0.199. The van der Waals surface area contributed by atoms with Crippen LogP contribution in [-0.4, -0.2) is 15.0 Å².